The molecule has 1 aromatic rings. The molecule has 12 heteroatoms. The number of rotatable bonds is 5. The van der Waals surface area contributed by atoms with Crippen LogP contribution in [0.1, 0.15) is 12.8 Å². The third-order valence-corrected chi connectivity index (χ3v) is 5.58. The summed E-state index contributed by atoms with van der Waals surface area (Å²) in [5.41, 5.74) is -5.68. The summed E-state index contributed by atoms with van der Waals surface area (Å²) in [6, 6.07) is 3.10. The summed E-state index contributed by atoms with van der Waals surface area (Å²) < 4.78 is 74.2. The highest BCUT2D eigenvalue weighted by atomic mass is 32.2. The van der Waals surface area contributed by atoms with E-state index in [9.17, 15) is 36.1 Å². The second-order valence-corrected chi connectivity index (χ2v) is 7.52. The summed E-state index contributed by atoms with van der Waals surface area (Å²) in [6.07, 6.45) is 0.383. The Labute approximate surface area is 140 Å². The van der Waals surface area contributed by atoms with Gasteiger partial charge in [-0.25, -0.2) is 12.8 Å². The van der Waals surface area contributed by atoms with Crippen molar-refractivity contribution >= 4 is 21.4 Å². The number of sulfonamides is 1. The quantitative estimate of drug-likeness (QED) is 0.478. The highest BCUT2D eigenvalue weighted by Gasteiger charge is 2.50. The lowest BCUT2D eigenvalue weighted by atomic mass is 9.98. The van der Waals surface area contributed by atoms with Gasteiger partial charge in [0.05, 0.1) is 16.7 Å². The van der Waals surface area contributed by atoms with Crippen molar-refractivity contribution < 1.29 is 30.9 Å². The van der Waals surface area contributed by atoms with Gasteiger partial charge in [0, 0.05) is 25.7 Å². The molecule has 1 heterocycles. The van der Waals surface area contributed by atoms with E-state index in [2.05, 4.69) is 5.32 Å². The lowest BCUT2D eigenvalue weighted by Gasteiger charge is -2.31. The van der Waals surface area contributed by atoms with Crippen molar-refractivity contribution in [2.24, 2.45) is 5.92 Å². The average molecular weight is 385 g/mol. The van der Waals surface area contributed by atoms with E-state index in [4.69, 9.17) is 0 Å². The minimum atomic E-state index is -5.32. The molecular weight excluding hydrogens is 370 g/mol. The Bertz CT molecular complexity index is 746. The fourth-order valence-corrected chi connectivity index (χ4v) is 3.50. The van der Waals surface area contributed by atoms with E-state index in [1.807, 2.05) is 0 Å². The van der Waals surface area contributed by atoms with Gasteiger partial charge in [0.1, 0.15) is 0 Å². The van der Waals surface area contributed by atoms with Crippen LogP contribution in [0.5, 0.6) is 0 Å². The first kappa shape index (κ1) is 19.4. The molecule has 1 aliphatic heterocycles. The maximum atomic E-state index is 13.7. The molecule has 1 N–H and O–H groups in total. The predicted octanol–water partition coefficient (Wildman–Crippen LogP) is 2.71. The summed E-state index contributed by atoms with van der Waals surface area (Å²) in [7, 11) is -5.32. The smallest absolute Gasteiger partial charge is 0.382 e. The Kier molecular flexibility index (Phi) is 5.52. The molecule has 1 saturated heterocycles. The Morgan fingerprint density at radius 3 is 2.36 bits per heavy atom. The Morgan fingerprint density at radius 1 is 1.28 bits per heavy atom. The number of piperidine rings is 1. The van der Waals surface area contributed by atoms with Gasteiger partial charge in [0.25, 0.3) is 5.69 Å². The summed E-state index contributed by atoms with van der Waals surface area (Å²) >= 11 is 0. The zero-order chi connectivity index (χ0) is 18.8. The van der Waals surface area contributed by atoms with E-state index < -0.39 is 32.0 Å². The number of anilines is 1. The Balaban J connectivity index is 1.90. The van der Waals surface area contributed by atoms with Crippen molar-refractivity contribution in [2.75, 3.05) is 25.0 Å². The van der Waals surface area contributed by atoms with Crippen LogP contribution < -0.4 is 5.32 Å². The van der Waals surface area contributed by atoms with Crippen LogP contribution in [0.15, 0.2) is 18.2 Å². The molecule has 1 aliphatic rings. The monoisotopic (exact) mass is 385 g/mol. The van der Waals surface area contributed by atoms with Crippen molar-refractivity contribution in [2.45, 2.75) is 18.3 Å². The van der Waals surface area contributed by atoms with Gasteiger partial charge in [0.15, 0.2) is 5.82 Å². The second kappa shape index (κ2) is 7.12. The van der Waals surface area contributed by atoms with Crippen molar-refractivity contribution in [3.63, 3.8) is 0 Å². The van der Waals surface area contributed by atoms with Gasteiger partial charge in [-0.15, -0.1) is 0 Å². The van der Waals surface area contributed by atoms with Crippen LogP contribution in [0.4, 0.5) is 28.9 Å². The standard InChI is InChI=1S/C13H15F4N3O4S/c14-11-7-10(20(21)22)1-2-12(11)18-8-9-3-5-19(6-4-9)25(23,24)13(15,16)17/h1-2,7,9,18H,3-6,8H2. The summed E-state index contributed by atoms with van der Waals surface area (Å²) in [5.74, 6) is -0.958. The Hall–Kier alpha value is -1.95. The number of non-ortho nitro benzene ring substituents is 1. The number of halogens is 4. The summed E-state index contributed by atoms with van der Waals surface area (Å²) in [5, 5.41) is 13.3. The van der Waals surface area contributed by atoms with Crippen LogP contribution in [-0.2, 0) is 10.0 Å². The minimum Gasteiger partial charge on any atom is -0.382 e. The molecule has 7 nitrogen and oxygen atoms in total. The van der Waals surface area contributed by atoms with Crippen molar-refractivity contribution in [1.82, 2.24) is 4.31 Å². The van der Waals surface area contributed by atoms with Crippen LogP contribution in [0.3, 0.4) is 0 Å². The zero-order valence-electron chi connectivity index (χ0n) is 12.8. The molecule has 0 aliphatic carbocycles. The van der Waals surface area contributed by atoms with Gasteiger partial charge in [-0.3, -0.25) is 10.1 Å². The molecule has 25 heavy (non-hydrogen) atoms. The van der Waals surface area contributed by atoms with Crippen molar-refractivity contribution in [1.29, 1.82) is 0 Å². The number of hydrogen-bond acceptors (Lipinski definition) is 5. The predicted molar refractivity (Wildman–Crippen MR) is 80.8 cm³/mol. The molecule has 1 aromatic carbocycles. The molecule has 0 bridgehead atoms. The van der Waals surface area contributed by atoms with E-state index in [0.717, 1.165) is 12.1 Å². The Morgan fingerprint density at radius 2 is 1.88 bits per heavy atom. The maximum absolute atomic E-state index is 13.7. The minimum absolute atomic E-state index is 0.0379. The average Bonchev–Trinajstić information content (AvgIpc) is 2.53. The van der Waals surface area contributed by atoms with E-state index in [1.54, 1.807) is 0 Å². The number of benzene rings is 1. The molecule has 1 fully saturated rings. The van der Waals surface area contributed by atoms with Crippen LogP contribution >= 0.6 is 0 Å². The zero-order valence-corrected chi connectivity index (χ0v) is 13.6. The molecule has 0 aromatic heterocycles. The van der Waals surface area contributed by atoms with E-state index in [0.29, 0.717) is 4.31 Å². The normalized spacial score (nSPS) is 17.4. The molecule has 0 atom stereocenters. The van der Waals surface area contributed by atoms with Crippen LogP contribution in [0.2, 0.25) is 0 Å². The summed E-state index contributed by atoms with van der Waals surface area (Å²) in [6.45, 7) is -0.317. The molecule has 2 rings (SSSR count). The van der Waals surface area contributed by atoms with Gasteiger partial charge < -0.3 is 5.32 Å². The lowest BCUT2D eigenvalue weighted by molar-refractivity contribution is -0.385. The topological polar surface area (TPSA) is 92.6 Å². The first-order valence-electron chi connectivity index (χ1n) is 7.26. The summed E-state index contributed by atoms with van der Waals surface area (Å²) in [4.78, 5) is 9.80. The molecule has 0 spiro atoms. The highest BCUT2D eigenvalue weighted by molar-refractivity contribution is 7.90. The molecule has 0 unspecified atom stereocenters. The maximum Gasteiger partial charge on any atom is 0.511 e. The van der Waals surface area contributed by atoms with E-state index >= 15 is 0 Å². The van der Waals surface area contributed by atoms with E-state index in [-0.39, 0.29) is 44.1 Å². The first-order valence-corrected chi connectivity index (χ1v) is 8.70. The first-order chi connectivity index (χ1) is 11.5. The molecule has 0 radical (unpaired) electrons. The third-order valence-electron chi connectivity index (χ3n) is 3.95. The van der Waals surface area contributed by atoms with Gasteiger partial charge in [-0.1, -0.05) is 0 Å². The van der Waals surface area contributed by atoms with Crippen molar-refractivity contribution in [3.8, 4) is 0 Å². The fraction of sp³-hybridized carbons (Fsp3) is 0.538. The number of hydrogen-bond donors (Lipinski definition) is 1. The molecule has 0 saturated carbocycles. The lowest BCUT2D eigenvalue weighted by Crippen LogP contribution is -2.45. The molecular formula is C13H15F4N3O4S. The van der Waals surface area contributed by atoms with Crippen LogP contribution in [-0.4, -0.2) is 42.8 Å². The number of nitrogens with zero attached hydrogens (tertiary/aromatic N) is 2. The van der Waals surface area contributed by atoms with Crippen molar-refractivity contribution in [3.05, 3.63) is 34.1 Å². The van der Waals surface area contributed by atoms with E-state index in [1.165, 1.54) is 6.07 Å². The van der Waals surface area contributed by atoms with Gasteiger partial charge in [-0.05, 0) is 24.8 Å². The largest absolute Gasteiger partial charge is 0.511 e. The number of alkyl halides is 3. The van der Waals surface area contributed by atoms with Gasteiger partial charge in [0.2, 0.25) is 0 Å². The van der Waals surface area contributed by atoms with Gasteiger partial charge >= 0.3 is 15.5 Å². The highest BCUT2D eigenvalue weighted by Crippen LogP contribution is 2.30. The number of nitro benzene ring substituents is 1. The van der Waals surface area contributed by atoms with Gasteiger partial charge in [-0.2, -0.15) is 17.5 Å². The molecule has 0 amide bonds. The van der Waals surface area contributed by atoms with Crippen LogP contribution in [0.25, 0.3) is 0 Å². The number of nitrogens with one attached hydrogen (secondary N) is 1. The molecule has 140 valence electrons. The number of nitro groups is 1. The van der Waals surface area contributed by atoms with Crippen LogP contribution in [0, 0.1) is 21.8 Å². The SMILES string of the molecule is O=[N+]([O-])c1ccc(NCC2CCN(S(=O)(=O)C(F)(F)F)CC2)c(F)c1. The second-order valence-electron chi connectivity index (χ2n) is 5.60. The fourth-order valence-electron chi connectivity index (χ4n) is 2.52. The third kappa shape index (κ3) is 4.37.